The Kier molecular flexibility index (Phi) is 5.11. The molecule has 0 bridgehead atoms. The topological polar surface area (TPSA) is 101 Å². The summed E-state index contributed by atoms with van der Waals surface area (Å²) in [5.41, 5.74) is -1.46. The lowest BCUT2D eigenvalue weighted by atomic mass is 10.0. The Morgan fingerprint density at radius 3 is 2.45 bits per heavy atom. The summed E-state index contributed by atoms with van der Waals surface area (Å²) < 4.78 is 28.0. The minimum Gasteiger partial charge on any atom is -0.453 e. The zero-order valence-corrected chi connectivity index (χ0v) is 13.6. The van der Waals surface area contributed by atoms with Crippen molar-refractivity contribution in [2.24, 2.45) is 0 Å². The second kappa shape index (κ2) is 6.54. The number of rotatable bonds is 5. The second-order valence-corrected chi connectivity index (χ2v) is 8.28. The molecule has 2 fully saturated rings. The number of aliphatic hydroxyl groups is 1. The van der Waals surface area contributed by atoms with Crippen LogP contribution in [-0.4, -0.2) is 66.6 Å². The maximum Gasteiger partial charge on any atom is 0.338 e. The van der Waals surface area contributed by atoms with Crippen LogP contribution in [0.4, 0.5) is 0 Å². The lowest BCUT2D eigenvalue weighted by molar-refractivity contribution is -0.169. The Balaban J connectivity index is 1.89. The molecule has 1 amide bonds. The predicted octanol–water partition coefficient (Wildman–Crippen LogP) is -0.130. The largest absolute Gasteiger partial charge is 0.453 e. The molecule has 1 saturated carbocycles. The highest BCUT2D eigenvalue weighted by Crippen LogP contribution is 2.30. The van der Waals surface area contributed by atoms with Gasteiger partial charge in [-0.15, -0.1) is 0 Å². The smallest absolute Gasteiger partial charge is 0.338 e. The molecule has 1 aliphatic heterocycles. The zero-order valence-electron chi connectivity index (χ0n) is 12.8. The molecule has 0 radical (unpaired) electrons. The minimum atomic E-state index is -3.08. The van der Waals surface area contributed by atoms with E-state index in [1.165, 1.54) is 4.90 Å². The Bertz CT molecular complexity index is 538. The summed E-state index contributed by atoms with van der Waals surface area (Å²) in [6.07, 6.45) is 2.66. The maximum absolute atomic E-state index is 12.2. The number of amides is 1. The van der Waals surface area contributed by atoms with Crippen molar-refractivity contribution in [1.29, 1.82) is 0 Å². The molecule has 0 spiro atoms. The highest BCUT2D eigenvalue weighted by Gasteiger charge is 2.41. The SMILES string of the molecule is CCN(C(=O)COC(=O)C1(O)CCCC1)C1CCS(=O)(=O)C1. The van der Waals surface area contributed by atoms with Gasteiger partial charge in [0.05, 0.1) is 11.5 Å². The monoisotopic (exact) mass is 333 g/mol. The Morgan fingerprint density at radius 1 is 1.32 bits per heavy atom. The van der Waals surface area contributed by atoms with Gasteiger partial charge < -0.3 is 14.7 Å². The molecule has 22 heavy (non-hydrogen) atoms. The third-order valence-corrected chi connectivity index (χ3v) is 6.20. The highest BCUT2D eigenvalue weighted by atomic mass is 32.2. The van der Waals surface area contributed by atoms with Gasteiger partial charge in [0.15, 0.2) is 22.0 Å². The lowest BCUT2D eigenvalue weighted by Gasteiger charge is -2.27. The van der Waals surface area contributed by atoms with Crippen molar-refractivity contribution in [1.82, 2.24) is 4.90 Å². The number of likely N-dealkylation sites (N-methyl/N-ethyl adjacent to an activating group) is 1. The van der Waals surface area contributed by atoms with E-state index in [4.69, 9.17) is 4.74 Å². The summed E-state index contributed by atoms with van der Waals surface area (Å²) in [4.78, 5) is 25.5. The number of esters is 1. The molecule has 1 aliphatic carbocycles. The summed E-state index contributed by atoms with van der Waals surface area (Å²) in [5.74, 6) is -1.13. The molecule has 1 unspecified atom stereocenters. The first kappa shape index (κ1) is 17.2. The van der Waals surface area contributed by atoms with Crippen LogP contribution in [0.1, 0.15) is 39.0 Å². The van der Waals surface area contributed by atoms with E-state index in [2.05, 4.69) is 0 Å². The molecule has 1 saturated heterocycles. The average Bonchev–Trinajstić information content (AvgIpc) is 3.04. The lowest BCUT2D eigenvalue weighted by Crippen LogP contribution is -2.45. The summed E-state index contributed by atoms with van der Waals surface area (Å²) in [6, 6.07) is -0.351. The molecule has 1 atom stereocenters. The van der Waals surface area contributed by atoms with E-state index in [1.54, 1.807) is 6.92 Å². The molecule has 8 heteroatoms. The summed E-state index contributed by atoms with van der Waals surface area (Å²) in [5, 5.41) is 10.1. The van der Waals surface area contributed by atoms with Crippen LogP contribution >= 0.6 is 0 Å². The van der Waals surface area contributed by atoms with Gasteiger partial charge in [-0.05, 0) is 39.0 Å². The van der Waals surface area contributed by atoms with E-state index in [9.17, 15) is 23.1 Å². The van der Waals surface area contributed by atoms with Crippen LogP contribution in [-0.2, 0) is 24.2 Å². The van der Waals surface area contributed by atoms with Crippen LogP contribution in [0.2, 0.25) is 0 Å². The summed E-state index contributed by atoms with van der Waals surface area (Å²) >= 11 is 0. The highest BCUT2D eigenvalue weighted by molar-refractivity contribution is 7.91. The van der Waals surface area contributed by atoms with Gasteiger partial charge in [-0.2, -0.15) is 0 Å². The molecule has 2 rings (SSSR count). The standard InChI is InChI=1S/C14H23NO6S/c1-2-15(11-5-8-22(19,20)10-11)12(16)9-21-13(17)14(18)6-3-4-7-14/h11,18H,2-10H2,1H3. The summed E-state index contributed by atoms with van der Waals surface area (Å²) in [6.45, 7) is 1.67. The van der Waals surface area contributed by atoms with E-state index < -0.39 is 33.9 Å². The maximum atomic E-state index is 12.2. The van der Waals surface area contributed by atoms with Crippen LogP contribution in [0.3, 0.4) is 0 Å². The normalized spacial score (nSPS) is 25.8. The summed E-state index contributed by atoms with van der Waals surface area (Å²) in [7, 11) is -3.08. The molecule has 0 aromatic rings. The third kappa shape index (κ3) is 3.78. The van der Waals surface area contributed by atoms with Gasteiger partial charge in [0.1, 0.15) is 0 Å². The molecule has 2 aliphatic rings. The number of ether oxygens (including phenoxy) is 1. The van der Waals surface area contributed by atoms with Crippen LogP contribution < -0.4 is 0 Å². The Labute approximate surface area is 130 Å². The zero-order chi connectivity index (χ0) is 16.4. The molecular formula is C14H23NO6S. The number of sulfone groups is 1. The number of carbonyl (C=O) groups is 2. The first-order valence-electron chi connectivity index (χ1n) is 7.67. The fourth-order valence-corrected chi connectivity index (χ4v) is 4.90. The minimum absolute atomic E-state index is 0.0372. The Hall–Kier alpha value is -1.15. The van der Waals surface area contributed by atoms with Crippen LogP contribution in [0.5, 0.6) is 0 Å². The first-order valence-corrected chi connectivity index (χ1v) is 9.49. The molecule has 0 aromatic heterocycles. The van der Waals surface area contributed by atoms with E-state index in [-0.39, 0.29) is 17.5 Å². The number of nitrogens with zero attached hydrogens (tertiary/aromatic N) is 1. The number of hydrogen-bond donors (Lipinski definition) is 1. The van der Waals surface area contributed by atoms with Crippen molar-refractivity contribution in [3.05, 3.63) is 0 Å². The van der Waals surface area contributed by atoms with Gasteiger partial charge in [0.25, 0.3) is 5.91 Å². The van der Waals surface area contributed by atoms with E-state index in [0.717, 1.165) is 12.8 Å². The predicted molar refractivity (Wildman–Crippen MR) is 78.8 cm³/mol. The van der Waals surface area contributed by atoms with Crippen molar-refractivity contribution < 1.29 is 27.9 Å². The fraction of sp³-hybridized carbons (Fsp3) is 0.857. The van der Waals surface area contributed by atoms with Gasteiger partial charge in [-0.25, -0.2) is 13.2 Å². The van der Waals surface area contributed by atoms with Crippen LogP contribution in [0.15, 0.2) is 0 Å². The van der Waals surface area contributed by atoms with Gasteiger partial charge in [0.2, 0.25) is 0 Å². The molecular weight excluding hydrogens is 310 g/mol. The molecule has 1 N–H and O–H groups in total. The van der Waals surface area contributed by atoms with Crippen LogP contribution in [0.25, 0.3) is 0 Å². The number of hydrogen-bond acceptors (Lipinski definition) is 6. The number of carbonyl (C=O) groups excluding carboxylic acids is 2. The average molecular weight is 333 g/mol. The van der Waals surface area contributed by atoms with Crippen LogP contribution in [0, 0.1) is 0 Å². The second-order valence-electron chi connectivity index (χ2n) is 6.05. The van der Waals surface area contributed by atoms with E-state index in [1.807, 2.05) is 0 Å². The van der Waals surface area contributed by atoms with Gasteiger partial charge in [-0.3, -0.25) is 4.79 Å². The van der Waals surface area contributed by atoms with Crippen molar-refractivity contribution in [2.45, 2.75) is 50.7 Å². The van der Waals surface area contributed by atoms with E-state index in [0.29, 0.717) is 25.8 Å². The van der Waals surface area contributed by atoms with E-state index >= 15 is 0 Å². The molecule has 0 aromatic carbocycles. The van der Waals surface area contributed by atoms with Crippen molar-refractivity contribution in [3.63, 3.8) is 0 Å². The molecule has 7 nitrogen and oxygen atoms in total. The third-order valence-electron chi connectivity index (χ3n) is 4.45. The fourth-order valence-electron chi connectivity index (χ4n) is 3.17. The first-order chi connectivity index (χ1) is 10.3. The quantitative estimate of drug-likeness (QED) is 0.703. The Morgan fingerprint density at radius 2 is 1.95 bits per heavy atom. The molecule has 126 valence electrons. The van der Waals surface area contributed by atoms with Gasteiger partial charge >= 0.3 is 5.97 Å². The van der Waals surface area contributed by atoms with Gasteiger partial charge in [-0.1, -0.05) is 0 Å². The molecule has 1 heterocycles. The van der Waals surface area contributed by atoms with Crippen molar-refractivity contribution in [3.8, 4) is 0 Å². The van der Waals surface area contributed by atoms with Crippen molar-refractivity contribution >= 4 is 21.7 Å². The van der Waals surface area contributed by atoms with Crippen molar-refractivity contribution in [2.75, 3.05) is 24.7 Å². The van der Waals surface area contributed by atoms with Gasteiger partial charge in [0, 0.05) is 12.6 Å².